The molecule has 21 heavy (non-hydrogen) atoms. The van der Waals surface area contributed by atoms with Crippen molar-refractivity contribution in [3.8, 4) is 5.75 Å². The number of nitrogens with two attached hydrogens (primary N) is 1. The van der Waals surface area contributed by atoms with E-state index in [0.717, 1.165) is 0 Å². The Morgan fingerprint density at radius 3 is 2.33 bits per heavy atom. The van der Waals surface area contributed by atoms with Crippen molar-refractivity contribution in [3.63, 3.8) is 0 Å². The van der Waals surface area contributed by atoms with Crippen LogP contribution < -0.4 is 10.5 Å². The number of carbonyl (C=O) groups is 2. The Morgan fingerprint density at radius 1 is 1.19 bits per heavy atom. The summed E-state index contributed by atoms with van der Waals surface area (Å²) in [5.41, 5.74) is 5.05. The van der Waals surface area contributed by atoms with Crippen LogP contribution in [-0.4, -0.2) is 66.4 Å². The number of hydrogen-bond acceptors (Lipinski definition) is 4. The molecule has 0 spiro atoms. The van der Waals surface area contributed by atoms with Crippen LogP contribution in [0, 0.1) is 0 Å². The number of hydrogen-bond donors (Lipinski definition) is 2. The Bertz CT molecular complexity index is 541. The predicted molar refractivity (Wildman–Crippen MR) is 81.1 cm³/mol. The number of benzene rings is 1. The topological polar surface area (TPSA) is 98.9 Å². The third kappa shape index (κ3) is 6.20. The third-order valence-electron chi connectivity index (χ3n) is 2.07. The van der Waals surface area contributed by atoms with E-state index < -0.39 is 18.5 Å². The Morgan fingerprint density at radius 2 is 1.81 bits per heavy atom. The molecule has 10 heteroatoms. The van der Waals surface area contributed by atoms with Crippen molar-refractivity contribution >= 4 is 76.2 Å². The standard InChI is InChI=1S/C11H10Cl3NO5.Na.H/c12-5-3-6(13)10(9(14)8(5)11(15)18)20-2-1-19-4-7(16)17;;/h3H,1-2,4H2,(H2,15,18)(H,16,17);;. The second-order valence-corrected chi connectivity index (χ2v) is 4.71. The number of amides is 1. The molecule has 1 aromatic carbocycles. The van der Waals surface area contributed by atoms with E-state index in [0.29, 0.717) is 0 Å². The third-order valence-corrected chi connectivity index (χ3v) is 3.01. The molecule has 3 N–H and O–H groups in total. The molecule has 0 radical (unpaired) electrons. The average Bonchev–Trinajstić information content (AvgIpc) is 2.30. The van der Waals surface area contributed by atoms with Crippen molar-refractivity contribution in [1.29, 1.82) is 0 Å². The van der Waals surface area contributed by atoms with Crippen LogP contribution in [-0.2, 0) is 9.53 Å². The van der Waals surface area contributed by atoms with Crippen molar-refractivity contribution in [3.05, 3.63) is 26.7 Å². The minimum atomic E-state index is -1.09. The first-order valence-electron chi connectivity index (χ1n) is 5.24. The molecule has 0 saturated carbocycles. The van der Waals surface area contributed by atoms with Crippen LogP contribution >= 0.6 is 34.8 Å². The second-order valence-electron chi connectivity index (χ2n) is 3.52. The summed E-state index contributed by atoms with van der Waals surface area (Å²) in [5, 5.41) is 8.38. The molecule has 0 heterocycles. The average molecular weight is 367 g/mol. The van der Waals surface area contributed by atoms with Gasteiger partial charge in [-0.25, -0.2) is 4.79 Å². The predicted octanol–water partition coefficient (Wildman–Crippen LogP) is 1.58. The van der Waals surface area contributed by atoms with Gasteiger partial charge in [-0.3, -0.25) is 4.79 Å². The zero-order valence-electron chi connectivity index (χ0n) is 9.99. The molecule has 0 bridgehead atoms. The molecule has 0 atom stereocenters. The van der Waals surface area contributed by atoms with E-state index in [1.807, 2.05) is 0 Å². The van der Waals surface area contributed by atoms with Gasteiger partial charge in [0.15, 0.2) is 5.75 Å². The van der Waals surface area contributed by atoms with Gasteiger partial charge in [-0.15, -0.1) is 0 Å². The number of rotatable bonds is 7. The molecular formula is C11H11Cl3NNaO5. The Balaban J connectivity index is 0.00000400. The van der Waals surface area contributed by atoms with Gasteiger partial charge in [0, 0.05) is 0 Å². The molecule has 0 saturated heterocycles. The zero-order valence-corrected chi connectivity index (χ0v) is 12.3. The molecule has 0 aromatic heterocycles. The van der Waals surface area contributed by atoms with Gasteiger partial charge >= 0.3 is 35.5 Å². The molecule has 0 aliphatic rings. The van der Waals surface area contributed by atoms with Crippen molar-refractivity contribution in [2.24, 2.45) is 5.73 Å². The number of carboxylic acid groups (broad SMARTS) is 1. The Labute approximate surface area is 157 Å². The van der Waals surface area contributed by atoms with Gasteiger partial charge < -0.3 is 20.3 Å². The molecule has 0 fully saturated rings. The number of carbonyl (C=O) groups excluding carboxylic acids is 1. The fourth-order valence-corrected chi connectivity index (χ4v) is 2.35. The fraction of sp³-hybridized carbons (Fsp3) is 0.273. The second kappa shape index (κ2) is 9.74. The van der Waals surface area contributed by atoms with Crippen molar-refractivity contribution in [2.75, 3.05) is 19.8 Å². The summed E-state index contributed by atoms with van der Waals surface area (Å²) < 4.78 is 10.0. The number of primary amides is 1. The van der Waals surface area contributed by atoms with E-state index >= 15 is 0 Å². The van der Waals surface area contributed by atoms with Crippen LogP contribution in [0.2, 0.25) is 15.1 Å². The summed E-state index contributed by atoms with van der Waals surface area (Å²) >= 11 is 17.6. The summed E-state index contributed by atoms with van der Waals surface area (Å²) in [6.07, 6.45) is 0. The van der Waals surface area contributed by atoms with E-state index in [1.54, 1.807) is 0 Å². The summed E-state index contributed by atoms with van der Waals surface area (Å²) in [7, 11) is 0. The first-order chi connectivity index (χ1) is 9.34. The fourth-order valence-electron chi connectivity index (χ4n) is 1.29. The van der Waals surface area contributed by atoms with Crippen molar-refractivity contribution < 1.29 is 24.2 Å². The van der Waals surface area contributed by atoms with Crippen molar-refractivity contribution in [1.82, 2.24) is 0 Å². The van der Waals surface area contributed by atoms with Gasteiger partial charge in [0.25, 0.3) is 5.91 Å². The van der Waals surface area contributed by atoms with E-state index in [2.05, 4.69) is 0 Å². The molecule has 0 aliphatic carbocycles. The summed E-state index contributed by atoms with van der Waals surface area (Å²) in [5.74, 6) is -1.88. The van der Waals surface area contributed by atoms with E-state index in [9.17, 15) is 9.59 Å². The van der Waals surface area contributed by atoms with Crippen LogP contribution in [0.5, 0.6) is 5.75 Å². The van der Waals surface area contributed by atoms with Crippen LogP contribution in [0.15, 0.2) is 6.07 Å². The molecule has 1 amide bonds. The number of halogens is 3. The van der Waals surface area contributed by atoms with Crippen molar-refractivity contribution in [2.45, 2.75) is 0 Å². The molecule has 0 aliphatic heterocycles. The maximum atomic E-state index is 11.2. The molecule has 0 unspecified atom stereocenters. The SMILES string of the molecule is NC(=O)c1c(Cl)cc(Cl)c(OCCOCC(=O)O)c1Cl.[NaH]. The first-order valence-corrected chi connectivity index (χ1v) is 6.37. The summed E-state index contributed by atoms with van der Waals surface area (Å²) in [6, 6.07) is 1.28. The molecule has 6 nitrogen and oxygen atoms in total. The van der Waals surface area contributed by atoms with Gasteiger partial charge in [-0.05, 0) is 6.07 Å². The quantitative estimate of drug-likeness (QED) is 0.564. The summed E-state index contributed by atoms with van der Waals surface area (Å²) in [6.45, 7) is -0.446. The minimum absolute atomic E-state index is 0. The molecular weight excluding hydrogens is 355 g/mol. The van der Waals surface area contributed by atoms with Gasteiger partial charge in [0.1, 0.15) is 13.2 Å². The molecule has 112 valence electrons. The molecule has 1 rings (SSSR count). The van der Waals surface area contributed by atoms with Gasteiger partial charge in [0.05, 0.1) is 27.2 Å². The Kier molecular flexibility index (Phi) is 9.64. The van der Waals surface area contributed by atoms with E-state index in [4.69, 9.17) is 55.1 Å². The number of ether oxygens (including phenoxy) is 2. The number of aliphatic carboxylic acids is 1. The summed E-state index contributed by atoms with van der Waals surface area (Å²) in [4.78, 5) is 21.4. The monoisotopic (exact) mass is 365 g/mol. The molecule has 1 aromatic rings. The normalized spacial score (nSPS) is 9.86. The van der Waals surface area contributed by atoms with Gasteiger partial charge in [0.2, 0.25) is 0 Å². The maximum absolute atomic E-state index is 11.2. The van der Waals surface area contributed by atoms with Gasteiger partial charge in [-0.1, -0.05) is 34.8 Å². The van der Waals surface area contributed by atoms with Crippen LogP contribution in [0.3, 0.4) is 0 Å². The first kappa shape index (κ1) is 20.8. The van der Waals surface area contributed by atoms with E-state index in [1.165, 1.54) is 6.07 Å². The van der Waals surface area contributed by atoms with Crippen LogP contribution in [0.1, 0.15) is 10.4 Å². The Hall–Kier alpha value is -0.210. The number of carboxylic acids is 1. The zero-order chi connectivity index (χ0) is 15.3. The van der Waals surface area contributed by atoms with Crippen LogP contribution in [0.25, 0.3) is 0 Å². The van der Waals surface area contributed by atoms with Gasteiger partial charge in [-0.2, -0.15) is 0 Å². The van der Waals surface area contributed by atoms with Crippen LogP contribution in [0.4, 0.5) is 0 Å². The van der Waals surface area contributed by atoms with E-state index in [-0.39, 0.29) is 69.2 Å².